The van der Waals surface area contributed by atoms with Crippen molar-refractivity contribution in [1.29, 1.82) is 0 Å². The second kappa shape index (κ2) is 5.89. The van der Waals surface area contributed by atoms with Gasteiger partial charge in [-0.05, 0) is 17.7 Å². The molecule has 0 aliphatic heterocycles. The molecule has 0 bridgehead atoms. The summed E-state index contributed by atoms with van der Waals surface area (Å²) in [6, 6.07) is 0.439. The number of carboxylic acid groups (broad SMARTS) is 1. The van der Waals surface area contributed by atoms with Crippen molar-refractivity contribution in [2.24, 2.45) is 0 Å². The van der Waals surface area contributed by atoms with Crippen LogP contribution < -0.4 is 5.32 Å². The third-order valence-electron chi connectivity index (χ3n) is 2.48. The van der Waals surface area contributed by atoms with E-state index in [9.17, 15) is 27.2 Å². The average molecular weight is 293 g/mol. The minimum Gasteiger partial charge on any atom is -0.480 e. The number of hydrogen-bond donors (Lipinski definition) is 2. The van der Waals surface area contributed by atoms with Crippen LogP contribution in [0.15, 0.2) is 18.2 Å². The van der Waals surface area contributed by atoms with Crippen molar-refractivity contribution in [3.63, 3.8) is 0 Å². The SMILES string of the molecule is CC(=O)NC(Cc1ccc(F)cc1C(F)(F)F)C(=O)O. The molecular weight excluding hydrogens is 282 g/mol. The zero-order valence-electron chi connectivity index (χ0n) is 10.3. The summed E-state index contributed by atoms with van der Waals surface area (Å²) in [6.45, 7) is 1.05. The van der Waals surface area contributed by atoms with E-state index in [-0.39, 0.29) is 0 Å². The topological polar surface area (TPSA) is 66.4 Å². The quantitative estimate of drug-likeness (QED) is 0.834. The molecule has 2 N–H and O–H groups in total. The van der Waals surface area contributed by atoms with Crippen LogP contribution in [0.2, 0.25) is 0 Å². The second-order valence-electron chi connectivity index (χ2n) is 4.09. The van der Waals surface area contributed by atoms with E-state index in [4.69, 9.17) is 5.11 Å². The molecule has 0 spiro atoms. The first-order valence-corrected chi connectivity index (χ1v) is 5.46. The van der Waals surface area contributed by atoms with E-state index in [0.717, 1.165) is 19.1 Å². The van der Waals surface area contributed by atoms with E-state index in [0.29, 0.717) is 6.07 Å². The molecule has 0 saturated heterocycles. The summed E-state index contributed by atoms with van der Waals surface area (Å²) in [7, 11) is 0. The standard InChI is InChI=1S/C12H11F4NO3/c1-6(18)17-10(11(19)20)4-7-2-3-8(13)5-9(7)12(14,15)16/h2-3,5,10H,4H2,1H3,(H,17,18)(H,19,20). The fraction of sp³-hybridized carbons (Fsp3) is 0.333. The van der Waals surface area contributed by atoms with Crippen LogP contribution in [0.1, 0.15) is 18.1 Å². The summed E-state index contributed by atoms with van der Waals surface area (Å²) in [6.07, 6.45) is -5.40. The molecule has 0 heterocycles. The molecule has 1 atom stereocenters. The van der Waals surface area contributed by atoms with Gasteiger partial charge < -0.3 is 10.4 Å². The van der Waals surface area contributed by atoms with Gasteiger partial charge in [0, 0.05) is 13.3 Å². The molecule has 0 aromatic heterocycles. The lowest BCUT2D eigenvalue weighted by atomic mass is 9.99. The maximum atomic E-state index is 12.9. The largest absolute Gasteiger partial charge is 0.480 e. The Kier molecular flexibility index (Phi) is 4.69. The number of halogens is 4. The van der Waals surface area contributed by atoms with Gasteiger partial charge in [0.15, 0.2) is 0 Å². The Morgan fingerprint density at radius 1 is 1.35 bits per heavy atom. The molecule has 0 radical (unpaired) electrons. The predicted octanol–water partition coefficient (Wildman–Crippen LogP) is 1.98. The molecule has 1 aromatic carbocycles. The first kappa shape index (κ1) is 15.9. The lowest BCUT2D eigenvalue weighted by Gasteiger charge is -2.17. The normalized spacial score (nSPS) is 12.8. The van der Waals surface area contributed by atoms with Gasteiger partial charge in [-0.15, -0.1) is 0 Å². The third kappa shape index (κ3) is 4.22. The van der Waals surface area contributed by atoms with Crippen LogP contribution >= 0.6 is 0 Å². The minimum atomic E-state index is -4.81. The van der Waals surface area contributed by atoms with E-state index >= 15 is 0 Å². The summed E-state index contributed by atoms with van der Waals surface area (Å²) in [5, 5.41) is 10.9. The fourth-order valence-electron chi connectivity index (χ4n) is 1.66. The molecule has 0 fully saturated rings. The summed E-state index contributed by atoms with van der Waals surface area (Å²) in [4.78, 5) is 21.7. The van der Waals surface area contributed by atoms with Crippen LogP contribution in [0.5, 0.6) is 0 Å². The van der Waals surface area contributed by atoms with Gasteiger partial charge >= 0.3 is 12.1 Å². The highest BCUT2D eigenvalue weighted by atomic mass is 19.4. The van der Waals surface area contributed by atoms with Crippen LogP contribution in [0.4, 0.5) is 17.6 Å². The molecule has 0 aliphatic carbocycles. The molecule has 0 saturated carbocycles. The number of amides is 1. The monoisotopic (exact) mass is 293 g/mol. The molecular formula is C12H11F4NO3. The number of rotatable bonds is 4. The van der Waals surface area contributed by atoms with Gasteiger partial charge in [0.05, 0.1) is 5.56 Å². The number of carbonyl (C=O) groups excluding carboxylic acids is 1. The van der Waals surface area contributed by atoms with E-state index in [1.54, 1.807) is 0 Å². The summed E-state index contributed by atoms with van der Waals surface area (Å²) in [5.74, 6) is -3.24. The third-order valence-corrected chi connectivity index (χ3v) is 2.48. The van der Waals surface area contributed by atoms with Crippen molar-refractivity contribution in [2.45, 2.75) is 25.6 Å². The Bertz CT molecular complexity index is 528. The van der Waals surface area contributed by atoms with E-state index in [1.165, 1.54) is 0 Å². The van der Waals surface area contributed by atoms with Crippen molar-refractivity contribution in [3.05, 3.63) is 35.1 Å². The second-order valence-corrected chi connectivity index (χ2v) is 4.09. The molecule has 20 heavy (non-hydrogen) atoms. The van der Waals surface area contributed by atoms with Crippen LogP contribution in [-0.4, -0.2) is 23.0 Å². The number of nitrogens with one attached hydrogen (secondary N) is 1. The van der Waals surface area contributed by atoms with Crippen molar-refractivity contribution < 1.29 is 32.3 Å². The number of aliphatic carboxylic acids is 1. The molecule has 1 amide bonds. The molecule has 1 unspecified atom stereocenters. The van der Waals surface area contributed by atoms with Gasteiger partial charge in [-0.2, -0.15) is 13.2 Å². The van der Waals surface area contributed by atoms with Crippen molar-refractivity contribution in [2.75, 3.05) is 0 Å². The Labute approximate surface area is 111 Å². The Morgan fingerprint density at radius 3 is 2.40 bits per heavy atom. The number of benzene rings is 1. The van der Waals surface area contributed by atoms with E-state index < -0.39 is 47.5 Å². The molecule has 1 aromatic rings. The molecule has 8 heteroatoms. The zero-order valence-corrected chi connectivity index (χ0v) is 10.3. The zero-order chi connectivity index (χ0) is 15.5. The molecule has 1 rings (SSSR count). The number of hydrogen-bond acceptors (Lipinski definition) is 2. The molecule has 0 aliphatic rings. The summed E-state index contributed by atoms with van der Waals surface area (Å²) >= 11 is 0. The van der Waals surface area contributed by atoms with Crippen LogP contribution in [0.3, 0.4) is 0 Å². The van der Waals surface area contributed by atoms with Crippen molar-refractivity contribution >= 4 is 11.9 Å². The van der Waals surface area contributed by atoms with Gasteiger partial charge in [-0.25, -0.2) is 9.18 Å². The van der Waals surface area contributed by atoms with Crippen LogP contribution in [0, 0.1) is 5.82 Å². The maximum Gasteiger partial charge on any atom is 0.416 e. The Balaban J connectivity index is 3.12. The van der Waals surface area contributed by atoms with E-state index in [2.05, 4.69) is 0 Å². The van der Waals surface area contributed by atoms with Gasteiger partial charge in [-0.3, -0.25) is 4.79 Å². The average Bonchev–Trinajstić information content (AvgIpc) is 2.28. The van der Waals surface area contributed by atoms with Gasteiger partial charge in [0.2, 0.25) is 5.91 Å². The number of carbonyl (C=O) groups is 2. The first-order chi connectivity index (χ1) is 9.11. The first-order valence-electron chi connectivity index (χ1n) is 5.46. The highest BCUT2D eigenvalue weighted by Gasteiger charge is 2.35. The van der Waals surface area contributed by atoms with Crippen molar-refractivity contribution in [1.82, 2.24) is 5.32 Å². The lowest BCUT2D eigenvalue weighted by molar-refractivity contribution is -0.142. The highest BCUT2D eigenvalue weighted by molar-refractivity contribution is 5.82. The molecule has 110 valence electrons. The summed E-state index contributed by atoms with van der Waals surface area (Å²) < 4.78 is 51.1. The highest BCUT2D eigenvalue weighted by Crippen LogP contribution is 2.33. The van der Waals surface area contributed by atoms with Gasteiger partial charge in [0.25, 0.3) is 0 Å². The number of alkyl halides is 3. The van der Waals surface area contributed by atoms with Gasteiger partial charge in [0.1, 0.15) is 11.9 Å². The Hall–Kier alpha value is -2.12. The van der Waals surface area contributed by atoms with Crippen molar-refractivity contribution in [3.8, 4) is 0 Å². The van der Waals surface area contributed by atoms with Gasteiger partial charge in [-0.1, -0.05) is 6.07 Å². The summed E-state index contributed by atoms with van der Waals surface area (Å²) in [5.41, 5.74) is -1.66. The molecule has 4 nitrogen and oxygen atoms in total. The predicted molar refractivity (Wildman–Crippen MR) is 60.3 cm³/mol. The smallest absolute Gasteiger partial charge is 0.416 e. The maximum absolute atomic E-state index is 12.9. The minimum absolute atomic E-state index is 0.294. The number of carboxylic acids is 1. The Morgan fingerprint density at radius 2 is 1.95 bits per heavy atom. The van der Waals surface area contributed by atoms with Crippen LogP contribution in [-0.2, 0) is 22.2 Å². The lowest BCUT2D eigenvalue weighted by Crippen LogP contribution is -2.41. The fourth-order valence-corrected chi connectivity index (χ4v) is 1.66. The van der Waals surface area contributed by atoms with Crippen LogP contribution in [0.25, 0.3) is 0 Å². The van der Waals surface area contributed by atoms with E-state index in [1.807, 2.05) is 5.32 Å².